The number of rotatable bonds is 13. The second-order valence-corrected chi connectivity index (χ2v) is 11.9. The lowest BCUT2D eigenvalue weighted by molar-refractivity contribution is -0.147. The number of nitrogens with one attached hydrogen (secondary N) is 1. The summed E-state index contributed by atoms with van der Waals surface area (Å²) >= 11 is 0. The molecule has 0 radical (unpaired) electrons. The number of fused-ring (bicyclic) bond motifs is 1. The maximum absolute atomic E-state index is 13.6. The zero-order valence-electron chi connectivity index (χ0n) is 23.6. The van der Waals surface area contributed by atoms with Crippen molar-refractivity contribution in [1.82, 2.24) is 14.8 Å². The molecular formula is C29H41N5O4S. The minimum Gasteiger partial charge on any atom is -0.466 e. The number of carbonyl (C=O) groups is 1. The highest BCUT2D eigenvalue weighted by Gasteiger charge is 2.31. The van der Waals surface area contributed by atoms with E-state index >= 15 is 0 Å². The molecule has 39 heavy (non-hydrogen) atoms. The number of aryl methyl sites for hydroxylation is 2. The average molecular weight is 556 g/mol. The number of nitrogens with zero attached hydrogens (tertiary/aromatic N) is 4. The fourth-order valence-electron chi connectivity index (χ4n) is 5.46. The lowest BCUT2D eigenvalue weighted by Gasteiger charge is -2.21. The van der Waals surface area contributed by atoms with Crippen molar-refractivity contribution in [3.05, 3.63) is 41.9 Å². The molecular weight excluding hydrogens is 514 g/mol. The van der Waals surface area contributed by atoms with Crippen LogP contribution in [0.5, 0.6) is 0 Å². The highest BCUT2D eigenvalue weighted by Crippen LogP contribution is 2.35. The minimum absolute atomic E-state index is 0.176. The highest BCUT2D eigenvalue weighted by atomic mass is 32.2. The fraction of sp³-hybridized carbons (Fsp3) is 0.552. The molecule has 0 spiro atoms. The van der Waals surface area contributed by atoms with Gasteiger partial charge in [-0.25, -0.2) is 8.42 Å². The predicted molar refractivity (Wildman–Crippen MR) is 155 cm³/mol. The Morgan fingerprint density at radius 1 is 1.10 bits per heavy atom. The Morgan fingerprint density at radius 3 is 2.64 bits per heavy atom. The summed E-state index contributed by atoms with van der Waals surface area (Å²) in [5, 5.41) is 5.26. The number of carbonyl (C=O) groups excluding carboxylic acids is 1. The van der Waals surface area contributed by atoms with Gasteiger partial charge in [-0.05, 0) is 57.9 Å². The maximum atomic E-state index is 13.6. The third-order valence-corrected chi connectivity index (χ3v) is 9.07. The molecule has 1 atom stereocenters. The molecule has 1 saturated heterocycles. The fourth-order valence-corrected chi connectivity index (χ4v) is 6.95. The highest BCUT2D eigenvalue weighted by molar-refractivity contribution is 7.92. The molecule has 1 aliphatic heterocycles. The number of aromatic nitrogens is 3. The van der Waals surface area contributed by atoms with Crippen LogP contribution >= 0.6 is 0 Å². The van der Waals surface area contributed by atoms with Crippen molar-refractivity contribution >= 4 is 38.3 Å². The number of pyridine rings is 1. The molecule has 10 heteroatoms. The standard InChI is InChI=1S/C29H41N5O4S/c1-5-7-8-9-10-11-18-34-22(4)28(21(3)31-34)39(36,37)32-25-14-15-26(27-24(25)13-12-17-30-27)33-19-16-23(20-33)29(35)38-6-2/h12-15,17,23,32H,5-11,16,18-20H2,1-4H3/t23-/m1/s1. The van der Waals surface area contributed by atoms with Gasteiger partial charge >= 0.3 is 5.97 Å². The van der Waals surface area contributed by atoms with E-state index in [1.807, 2.05) is 30.7 Å². The first-order valence-electron chi connectivity index (χ1n) is 14.1. The molecule has 1 aliphatic rings. The first-order chi connectivity index (χ1) is 18.8. The van der Waals surface area contributed by atoms with Gasteiger partial charge in [-0.1, -0.05) is 39.0 Å². The molecule has 3 heterocycles. The van der Waals surface area contributed by atoms with Crippen LogP contribution in [0.15, 0.2) is 35.4 Å². The maximum Gasteiger partial charge on any atom is 0.310 e. The molecule has 0 unspecified atom stereocenters. The van der Waals surface area contributed by atoms with Crippen molar-refractivity contribution < 1.29 is 17.9 Å². The van der Waals surface area contributed by atoms with Gasteiger partial charge in [0.05, 0.1) is 40.8 Å². The molecule has 1 N–H and O–H groups in total. The molecule has 1 aromatic carbocycles. The SMILES string of the molecule is CCCCCCCCn1nc(C)c(S(=O)(=O)Nc2ccc(N3CC[C@@H](C(=O)OCC)C3)c3ncccc23)c1C. The van der Waals surface area contributed by atoms with Gasteiger partial charge in [-0.2, -0.15) is 5.10 Å². The van der Waals surface area contributed by atoms with Gasteiger partial charge in [0.15, 0.2) is 0 Å². The molecule has 0 bridgehead atoms. The van der Waals surface area contributed by atoms with Gasteiger partial charge < -0.3 is 9.64 Å². The first-order valence-corrected chi connectivity index (χ1v) is 15.6. The Balaban J connectivity index is 1.54. The predicted octanol–water partition coefficient (Wildman–Crippen LogP) is 5.60. The summed E-state index contributed by atoms with van der Waals surface area (Å²) in [6.07, 6.45) is 9.40. The molecule has 0 amide bonds. The Hall–Kier alpha value is -3.14. The van der Waals surface area contributed by atoms with Crippen LogP contribution < -0.4 is 9.62 Å². The normalized spacial score (nSPS) is 15.7. The van der Waals surface area contributed by atoms with Crippen molar-refractivity contribution in [1.29, 1.82) is 0 Å². The summed E-state index contributed by atoms with van der Waals surface area (Å²) in [7, 11) is -3.88. The summed E-state index contributed by atoms with van der Waals surface area (Å²) in [6.45, 7) is 9.91. The molecule has 0 saturated carbocycles. The number of esters is 1. The van der Waals surface area contributed by atoms with E-state index in [0.717, 1.165) is 18.5 Å². The van der Waals surface area contributed by atoms with Crippen molar-refractivity contribution in [3.8, 4) is 0 Å². The third-order valence-electron chi connectivity index (χ3n) is 7.45. The summed E-state index contributed by atoms with van der Waals surface area (Å²) in [5.41, 5.74) is 3.17. The van der Waals surface area contributed by atoms with E-state index in [1.165, 1.54) is 25.7 Å². The van der Waals surface area contributed by atoms with Crippen LogP contribution in [0.25, 0.3) is 10.9 Å². The average Bonchev–Trinajstić information content (AvgIpc) is 3.51. The number of hydrogen-bond acceptors (Lipinski definition) is 7. The number of ether oxygens (including phenoxy) is 1. The number of hydrogen-bond donors (Lipinski definition) is 1. The Morgan fingerprint density at radius 2 is 1.87 bits per heavy atom. The van der Waals surface area contributed by atoms with Gasteiger partial charge in [0.1, 0.15) is 4.90 Å². The van der Waals surface area contributed by atoms with E-state index in [2.05, 4.69) is 26.6 Å². The smallest absolute Gasteiger partial charge is 0.310 e. The topological polar surface area (TPSA) is 106 Å². The molecule has 9 nitrogen and oxygen atoms in total. The number of unbranched alkanes of at least 4 members (excludes halogenated alkanes) is 5. The Bertz CT molecular complexity index is 1400. The van der Waals surface area contributed by atoms with E-state index in [1.54, 1.807) is 25.3 Å². The lowest BCUT2D eigenvalue weighted by Crippen LogP contribution is -2.24. The van der Waals surface area contributed by atoms with Crippen LogP contribution in [0.4, 0.5) is 11.4 Å². The molecule has 1 fully saturated rings. The van der Waals surface area contributed by atoms with E-state index in [0.29, 0.717) is 60.6 Å². The van der Waals surface area contributed by atoms with E-state index in [-0.39, 0.29) is 16.8 Å². The van der Waals surface area contributed by atoms with Crippen LogP contribution in [0.2, 0.25) is 0 Å². The van der Waals surface area contributed by atoms with Crippen LogP contribution in [0.1, 0.15) is 70.2 Å². The van der Waals surface area contributed by atoms with Gasteiger partial charge in [0, 0.05) is 31.2 Å². The number of sulfonamides is 1. The quantitative estimate of drug-likeness (QED) is 0.216. The summed E-state index contributed by atoms with van der Waals surface area (Å²) in [6, 6.07) is 7.32. The van der Waals surface area contributed by atoms with Crippen molar-refractivity contribution in [2.75, 3.05) is 29.3 Å². The van der Waals surface area contributed by atoms with Crippen molar-refractivity contribution in [2.45, 2.75) is 84.1 Å². The van der Waals surface area contributed by atoms with Crippen LogP contribution in [-0.4, -0.2) is 48.8 Å². The zero-order chi connectivity index (χ0) is 28.0. The summed E-state index contributed by atoms with van der Waals surface area (Å²) in [4.78, 5) is 19.2. The van der Waals surface area contributed by atoms with E-state index < -0.39 is 10.0 Å². The van der Waals surface area contributed by atoms with Crippen LogP contribution in [0, 0.1) is 19.8 Å². The second-order valence-electron chi connectivity index (χ2n) is 10.3. The molecule has 3 aromatic rings. The van der Waals surface area contributed by atoms with Crippen molar-refractivity contribution in [2.24, 2.45) is 5.92 Å². The molecule has 2 aromatic heterocycles. The van der Waals surface area contributed by atoms with Gasteiger partial charge in [-0.3, -0.25) is 19.2 Å². The Labute approximate surface area is 232 Å². The van der Waals surface area contributed by atoms with Crippen molar-refractivity contribution in [3.63, 3.8) is 0 Å². The first kappa shape index (κ1) is 28.9. The van der Waals surface area contributed by atoms with Gasteiger partial charge in [-0.15, -0.1) is 0 Å². The second kappa shape index (κ2) is 12.8. The summed E-state index contributed by atoms with van der Waals surface area (Å²) in [5.74, 6) is -0.356. The van der Waals surface area contributed by atoms with Gasteiger partial charge in [0.2, 0.25) is 0 Å². The zero-order valence-corrected chi connectivity index (χ0v) is 24.4. The number of benzene rings is 1. The molecule has 0 aliphatic carbocycles. The van der Waals surface area contributed by atoms with E-state index in [9.17, 15) is 13.2 Å². The monoisotopic (exact) mass is 555 g/mol. The Kier molecular flexibility index (Phi) is 9.48. The van der Waals surface area contributed by atoms with Gasteiger partial charge in [0.25, 0.3) is 10.0 Å². The lowest BCUT2D eigenvalue weighted by atomic mass is 10.1. The van der Waals surface area contributed by atoms with Crippen LogP contribution in [-0.2, 0) is 26.1 Å². The number of anilines is 2. The van der Waals surface area contributed by atoms with E-state index in [4.69, 9.17) is 4.74 Å². The largest absolute Gasteiger partial charge is 0.466 e. The third kappa shape index (κ3) is 6.54. The van der Waals surface area contributed by atoms with Crippen LogP contribution in [0.3, 0.4) is 0 Å². The summed E-state index contributed by atoms with van der Waals surface area (Å²) < 4.78 is 37.1. The molecule has 4 rings (SSSR count). The minimum atomic E-state index is -3.88. The molecule has 212 valence electrons.